The second kappa shape index (κ2) is 7.33. The van der Waals surface area contributed by atoms with E-state index in [9.17, 15) is 14.4 Å². The maximum absolute atomic E-state index is 12.8. The van der Waals surface area contributed by atoms with Gasteiger partial charge in [0.05, 0.1) is 28.8 Å². The van der Waals surface area contributed by atoms with E-state index in [2.05, 4.69) is 4.98 Å². The summed E-state index contributed by atoms with van der Waals surface area (Å²) >= 11 is 1.61. The highest BCUT2D eigenvalue weighted by atomic mass is 32.2. The Bertz CT molecular complexity index is 1020. The Morgan fingerprint density at radius 1 is 1.34 bits per heavy atom. The topological polar surface area (TPSA) is 85.8 Å². The van der Waals surface area contributed by atoms with E-state index in [0.29, 0.717) is 28.9 Å². The molecule has 7 nitrogen and oxygen atoms in total. The molecule has 2 fully saturated rings. The lowest BCUT2D eigenvalue weighted by Crippen LogP contribution is -2.46. The van der Waals surface area contributed by atoms with Crippen LogP contribution in [0.5, 0.6) is 0 Å². The first kappa shape index (κ1) is 19.7. The molecule has 0 N–H and O–H groups in total. The third-order valence-electron chi connectivity index (χ3n) is 5.68. The molecular formula is C21H22N2O5S. The number of para-hydroxylation sites is 1. The standard InChI is InChI=1S/C21H22N2O5S/c1-12-13-6-4-5-7-14(13)22-15(18(12)20(26)27-3)10-28-19(25)16-11-29-21(2)9-8-17(24)23(16)21/h4-7,16H,8-11H2,1-3H3/t16-,21+/m1/s1. The van der Waals surface area contributed by atoms with Gasteiger partial charge in [0.1, 0.15) is 12.6 Å². The van der Waals surface area contributed by atoms with Crippen LogP contribution in [0.1, 0.15) is 41.4 Å². The highest BCUT2D eigenvalue weighted by Gasteiger charge is 2.53. The van der Waals surface area contributed by atoms with E-state index in [1.54, 1.807) is 16.7 Å². The van der Waals surface area contributed by atoms with Gasteiger partial charge in [0.25, 0.3) is 0 Å². The first-order valence-electron chi connectivity index (χ1n) is 9.45. The van der Waals surface area contributed by atoms with E-state index in [1.165, 1.54) is 7.11 Å². The van der Waals surface area contributed by atoms with Crippen LogP contribution in [0, 0.1) is 6.92 Å². The third-order valence-corrected chi connectivity index (χ3v) is 7.19. The number of amides is 1. The molecule has 0 bridgehead atoms. The lowest BCUT2D eigenvalue weighted by atomic mass is 10.0. The number of carbonyl (C=O) groups excluding carboxylic acids is 3. The van der Waals surface area contributed by atoms with Gasteiger partial charge in [0.15, 0.2) is 0 Å². The summed E-state index contributed by atoms with van der Waals surface area (Å²) < 4.78 is 10.5. The average Bonchev–Trinajstić information content (AvgIpc) is 3.21. The van der Waals surface area contributed by atoms with Gasteiger partial charge in [-0.25, -0.2) is 14.6 Å². The highest BCUT2D eigenvalue weighted by Crippen LogP contribution is 2.47. The number of rotatable bonds is 4. The monoisotopic (exact) mass is 414 g/mol. The number of fused-ring (bicyclic) bond motifs is 2. The fraction of sp³-hybridized carbons (Fsp3) is 0.429. The van der Waals surface area contributed by atoms with Crippen molar-refractivity contribution in [1.29, 1.82) is 0 Å². The van der Waals surface area contributed by atoms with E-state index < -0.39 is 18.0 Å². The fourth-order valence-electron chi connectivity index (χ4n) is 4.15. The van der Waals surface area contributed by atoms with Crippen LogP contribution in [0.3, 0.4) is 0 Å². The summed E-state index contributed by atoms with van der Waals surface area (Å²) in [6.45, 7) is 3.65. The summed E-state index contributed by atoms with van der Waals surface area (Å²) in [5.41, 5.74) is 2.10. The minimum absolute atomic E-state index is 0.0191. The number of aromatic nitrogens is 1. The molecule has 0 aliphatic carbocycles. The molecular weight excluding hydrogens is 392 g/mol. The maximum atomic E-state index is 12.8. The fourth-order valence-corrected chi connectivity index (χ4v) is 5.57. The molecule has 2 aromatic rings. The van der Waals surface area contributed by atoms with Crippen molar-refractivity contribution >= 4 is 40.5 Å². The lowest BCUT2D eigenvalue weighted by Gasteiger charge is -2.29. The SMILES string of the molecule is COC(=O)c1c(COC(=O)[C@H]2CS[C@@]3(C)CCC(=O)N23)nc2ccccc2c1C. The maximum Gasteiger partial charge on any atom is 0.340 e. The number of ether oxygens (including phenoxy) is 2. The summed E-state index contributed by atoms with van der Waals surface area (Å²) in [6.07, 6.45) is 1.18. The minimum Gasteiger partial charge on any atom is -0.465 e. The molecule has 0 unspecified atom stereocenters. The summed E-state index contributed by atoms with van der Waals surface area (Å²) in [5.74, 6) is -0.505. The second-order valence-electron chi connectivity index (χ2n) is 7.44. The normalized spacial score (nSPS) is 23.3. The molecule has 152 valence electrons. The summed E-state index contributed by atoms with van der Waals surface area (Å²) in [7, 11) is 1.31. The average molecular weight is 414 g/mol. The van der Waals surface area contributed by atoms with E-state index >= 15 is 0 Å². The third kappa shape index (κ3) is 3.25. The molecule has 29 heavy (non-hydrogen) atoms. The van der Waals surface area contributed by atoms with Gasteiger partial charge in [-0.3, -0.25) is 4.79 Å². The van der Waals surface area contributed by atoms with Gasteiger partial charge in [-0.1, -0.05) is 18.2 Å². The molecule has 1 amide bonds. The van der Waals surface area contributed by atoms with Crippen molar-refractivity contribution in [2.24, 2.45) is 0 Å². The Labute approximate surface area is 172 Å². The number of aryl methyl sites for hydroxylation is 1. The van der Waals surface area contributed by atoms with Gasteiger partial charge in [-0.15, -0.1) is 11.8 Å². The van der Waals surface area contributed by atoms with Crippen LogP contribution in [0.4, 0.5) is 0 Å². The van der Waals surface area contributed by atoms with Crippen LogP contribution in [0.2, 0.25) is 0 Å². The van der Waals surface area contributed by atoms with Crippen LogP contribution in [0.25, 0.3) is 10.9 Å². The predicted molar refractivity (Wildman–Crippen MR) is 108 cm³/mol. The summed E-state index contributed by atoms with van der Waals surface area (Å²) in [6, 6.07) is 6.85. The van der Waals surface area contributed by atoms with Crippen molar-refractivity contribution < 1.29 is 23.9 Å². The van der Waals surface area contributed by atoms with Crippen molar-refractivity contribution in [3.8, 4) is 0 Å². The molecule has 2 saturated heterocycles. The van der Waals surface area contributed by atoms with Crippen molar-refractivity contribution in [1.82, 2.24) is 9.88 Å². The van der Waals surface area contributed by atoms with Crippen LogP contribution >= 0.6 is 11.8 Å². The molecule has 3 heterocycles. The van der Waals surface area contributed by atoms with E-state index in [1.807, 2.05) is 38.1 Å². The Hall–Kier alpha value is -2.61. The molecule has 0 radical (unpaired) electrons. The van der Waals surface area contributed by atoms with Gasteiger partial charge < -0.3 is 14.4 Å². The largest absolute Gasteiger partial charge is 0.465 e. The van der Waals surface area contributed by atoms with Crippen LogP contribution < -0.4 is 0 Å². The number of methoxy groups -OCH3 is 1. The van der Waals surface area contributed by atoms with Crippen LogP contribution in [-0.4, -0.2) is 51.5 Å². The molecule has 2 aliphatic rings. The zero-order valence-corrected chi connectivity index (χ0v) is 17.4. The van der Waals surface area contributed by atoms with Crippen molar-refractivity contribution in [2.75, 3.05) is 12.9 Å². The number of hydrogen-bond acceptors (Lipinski definition) is 7. The van der Waals surface area contributed by atoms with E-state index in [4.69, 9.17) is 9.47 Å². The number of hydrogen-bond donors (Lipinski definition) is 0. The number of nitrogens with zero attached hydrogens (tertiary/aromatic N) is 2. The van der Waals surface area contributed by atoms with Crippen LogP contribution in [0.15, 0.2) is 24.3 Å². The quantitative estimate of drug-likeness (QED) is 0.711. The van der Waals surface area contributed by atoms with E-state index in [-0.39, 0.29) is 17.4 Å². The Balaban J connectivity index is 1.60. The minimum atomic E-state index is -0.608. The van der Waals surface area contributed by atoms with Crippen molar-refractivity contribution in [3.05, 3.63) is 41.1 Å². The van der Waals surface area contributed by atoms with E-state index in [0.717, 1.165) is 17.4 Å². The van der Waals surface area contributed by atoms with Gasteiger partial charge in [-0.2, -0.15) is 0 Å². The molecule has 0 spiro atoms. The molecule has 1 aromatic carbocycles. The molecule has 0 saturated carbocycles. The van der Waals surface area contributed by atoms with Crippen molar-refractivity contribution in [3.63, 3.8) is 0 Å². The molecule has 4 rings (SSSR count). The predicted octanol–water partition coefficient (Wildman–Crippen LogP) is 2.83. The lowest BCUT2D eigenvalue weighted by molar-refractivity contribution is -0.154. The first-order valence-corrected chi connectivity index (χ1v) is 10.4. The number of benzene rings is 1. The van der Waals surface area contributed by atoms with Crippen molar-refractivity contribution in [2.45, 2.75) is 44.2 Å². The van der Waals surface area contributed by atoms with Gasteiger partial charge >= 0.3 is 11.9 Å². The zero-order valence-electron chi connectivity index (χ0n) is 16.6. The highest BCUT2D eigenvalue weighted by molar-refractivity contribution is 8.01. The Morgan fingerprint density at radius 2 is 2.10 bits per heavy atom. The number of pyridine rings is 1. The molecule has 8 heteroatoms. The Morgan fingerprint density at radius 3 is 2.86 bits per heavy atom. The zero-order chi connectivity index (χ0) is 20.8. The van der Waals surface area contributed by atoms with Gasteiger partial charge in [-0.05, 0) is 31.9 Å². The second-order valence-corrected chi connectivity index (χ2v) is 8.94. The molecule has 2 aliphatic heterocycles. The number of thioether (sulfide) groups is 1. The first-order chi connectivity index (χ1) is 13.9. The summed E-state index contributed by atoms with van der Waals surface area (Å²) in [4.78, 5) is 43.3. The van der Waals surface area contributed by atoms with Crippen LogP contribution in [-0.2, 0) is 25.7 Å². The number of carbonyl (C=O) groups is 3. The van der Waals surface area contributed by atoms with Gasteiger partial charge in [0.2, 0.25) is 5.91 Å². The van der Waals surface area contributed by atoms with Gasteiger partial charge in [0, 0.05) is 17.6 Å². The summed E-state index contributed by atoms with van der Waals surface area (Å²) in [5, 5.41) is 0.841. The molecule has 2 atom stereocenters. The molecule has 1 aromatic heterocycles. The number of esters is 2. The smallest absolute Gasteiger partial charge is 0.340 e. The Kier molecular flexibility index (Phi) is 4.98.